The van der Waals surface area contributed by atoms with Crippen LogP contribution in [-0.4, -0.2) is 24.3 Å². The average molecular weight is 281 g/mol. The van der Waals surface area contributed by atoms with Crippen molar-refractivity contribution in [3.63, 3.8) is 0 Å². The minimum atomic E-state index is -0.448. The summed E-state index contributed by atoms with van der Waals surface area (Å²) in [6.45, 7) is 1.74. The molecule has 0 aromatic carbocycles. The van der Waals surface area contributed by atoms with E-state index in [9.17, 15) is 14.4 Å². The molecule has 3 N–H and O–H groups in total. The maximum atomic E-state index is 11.7. The van der Waals surface area contributed by atoms with Crippen LogP contribution in [0.2, 0.25) is 0 Å². The molecule has 7 heteroatoms. The molecule has 1 aliphatic carbocycles. The predicted octanol–water partition coefficient (Wildman–Crippen LogP) is 0.344. The maximum absolute atomic E-state index is 11.7. The molecule has 1 fully saturated rings. The summed E-state index contributed by atoms with van der Waals surface area (Å²) in [4.78, 5) is 35.9. The van der Waals surface area contributed by atoms with Crippen LogP contribution < -0.4 is 16.2 Å². The number of carbonyl (C=O) groups is 3. The van der Waals surface area contributed by atoms with Crippen molar-refractivity contribution in [2.75, 3.05) is 6.54 Å². The molecular formula is C12H15N3O3S. The number of hydrogen-bond donors (Lipinski definition) is 3. The van der Waals surface area contributed by atoms with E-state index in [2.05, 4.69) is 16.2 Å². The molecule has 1 aromatic heterocycles. The first-order valence-corrected chi connectivity index (χ1v) is 6.81. The van der Waals surface area contributed by atoms with Gasteiger partial charge in [-0.2, -0.15) is 0 Å². The zero-order valence-corrected chi connectivity index (χ0v) is 11.3. The normalized spacial score (nSPS) is 13.7. The number of hydrogen-bond acceptors (Lipinski definition) is 4. The molecule has 1 heterocycles. The minimum absolute atomic E-state index is 0.0315. The van der Waals surface area contributed by atoms with Gasteiger partial charge in [0.05, 0.1) is 11.4 Å². The van der Waals surface area contributed by atoms with Crippen molar-refractivity contribution in [2.45, 2.75) is 19.8 Å². The Kier molecular flexibility index (Phi) is 4.16. The summed E-state index contributed by atoms with van der Waals surface area (Å²) < 4.78 is 0. The van der Waals surface area contributed by atoms with Gasteiger partial charge < -0.3 is 5.32 Å². The van der Waals surface area contributed by atoms with Crippen molar-refractivity contribution < 1.29 is 14.4 Å². The SMILES string of the molecule is Cc1ccc(C(=O)NCC(=O)NNC(=O)C2CC2)s1. The van der Waals surface area contributed by atoms with E-state index in [1.165, 1.54) is 11.3 Å². The van der Waals surface area contributed by atoms with Crippen LogP contribution in [-0.2, 0) is 9.59 Å². The molecule has 0 atom stereocenters. The molecule has 3 amide bonds. The molecule has 102 valence electrons. The molecule has 0 unspecified atom stereocenters. The summed E-state index contributed by atoms with van der Waals surface area (Å²) in [6.07, 6.45) is 1.74. The third-order valence-electron chi connectivity index (χ3n) is 2.65. The van der Waals surface area contributed by atoms with Crippen LogP contribution in [0.5, 0.6) is 0 Å². The summed E-state index contributed by atoms with van der Waals surface area (Å²) >= 11 is 1.36. The highest BCUT2D eigenvalue weighted by Gasteiger charge is 2.29. The molecule has 1 aromatic rings. The number of rotatable bonds is 4. The van der Waals surface area contributed by atoms with E-state index in [1.54, 1.807) is 6.07 Å². The smallest absolute Gasteiger partial charge is 0.261 e. The Balaban J connectivity index is 1.68. The van der Waals surface area contributed by atoms with Crippen LogP contribution in [0.4, 0.5) is 0 Å². The van der Waals surface area contributed by atoms with Crippen molar-refractivity contribution in [1.82, 2.24) is 16.2 Å². The fourth-order valence-corrected chi connectivity index (χ4v) is 2.21. The van der Waals surface area contributed by atoms with Crippen LogP contribution in [0.1, 0.15) is 27.4 Å². The number of thiophene rings is 1. The highest BCUT2D eigenvalue weighted by molar-refractivity contribution is 7.13. The quantitative estimate of drug-likeness (QED) is 0.696. The topological polar surface area (TPSA) is 87.3 Å². The van der Waals surface area contributed by atoms with E-state index in [4.69, 9.17) is 0 Å². The summed E-state index contributed by atoms with van der Waals surface area (Å²) in [5, 5.41) is 2.49. The Hall–Kier alpha value is -1.89. The van der Waals surface area contributed by atoms with E-state index in [0.29, 0.717) is 4.88 Å². The Morgan fingerprint density at radius 2 is 2.00 bits per heavy atom. The van der Waals surface area contributed by atoms with E-state index in [0.717, 1.165) is 17.7 Å². The van der Waals surface area contributed by atoms with Gasteiger partial charge in [0, 0.05) is 10.8 Å². The molecule has 1 saturated carbocycles. The van der Waals surface area contributed by atoms with Crippen LogP contribution in [0.15, 0.2) is 12.1 Å². The lowest BCUT2D eigenvalue weighted by atomic mass is 10.4. The summed E-state index contributed by atoms with van der Waals surface area (Å²) in [6, 6.07) is 3.55. The van der Waals surface area contributed by atoms with Crippen LogP contribution in [0.3, 0.4) is 0 Å². The van der Waals surface area contributed by atoms with Gasteiger partial charge in [0.15, 0.2) is 0 Å². The fraction of sp³-hybridized carbons (Fsp3) is 0.417. The minimum Gasteiger partial charge on any atom is -0.342 e. The third kappa shape index (κ3) is 4.06. The van der Waals surface area contributed by atoms with E-state index < -0.39 is 5.91 Å². The second kappa shape index (κ2) is 5.83. The fourth-order valence-electron chi connectivity index (χ4n) is 1.43. The average Bonchev–Trinajstić information content (AvgIpc) is 3.15. The van der Waals surface area contributed by atoms with Crippen molar-refractivity contribution in [3.8, 4) is 0 Å². The van der Waals surface area contributed by atoms with Gasteiger partial charge >= 0.3 is 0 Å². The molecule has 6 nitrogen and oxygen atoms in total. The van der Waals surface area contributed by atoms with Crippen LogP contribution >= 0.6 is 11.3 Å². The number of carbonyl (C=O) groups excluding carboxylic acids is 3. The molecular weight excluding hydrogens is 266 g/mol. The van der Waals surface area contributed by atoms with Crippen LogP contribution in [0, 0.1) is 12.8 Å². The van der Waals surface area contributed by atoms with Gasteiger partial charge in [-0.1, -0.05) is 0 Å². The first kappa shape index (κ1) is 13.5. The summed E-state index contributed by atoms with van der Waals surface area (Å²) in [7, 11) is 0. The van der Waals surface area contributed by atoms with Gasteiger partial charge in [0.2, 0.25) is 5.91 Å². The first-order valence-electron chi connectivity index (χ1n) is 5.99. The lowest BCUT2D eigenvalue weighted by Gasteiger charge is -2.07. The molecule has 1 aliphatic rings. The standard InChI is InChI=1S/C12H15N3O3S/c1-7-2-5-9(19-7)12(18)13-6-10(16)14-15-11(17)8-3-4-8/h2,5,8H,3-4,6H2,1H3,(H,13,18)(H,14,16)(H,15,17). The molecule has 0 spiro atoms. The number of nitrogens with one attached hydrogen (secondary N) is 3. The van der Waals surface area contributed by atoms with E-state index in [-0.39, 0.29) is 24.3 Å². The molecule has 0 radical (unpaired) electrons. The Bertz CT molecular complexity index is 508. The molecule has 0 bridgehead atoms. The molecule has 0 saturated heterocycles. The van der Waals surface area contributed by atoms with E-state index in [1.807, 2.05) is 13.0 Å². The van der Waals surface area contributed by atoms with Gasteiger partial charge in [-0.3, -0.25) is 25.2 Å². The zero-order chi connectivity index (χ0) is 13.8. The van der Waals surface area contributed by atoms with Gasteiger partial charge in [-0.05, 0) is 31.9 Å². The highest BCUT2D eigenvalue weighted by atomic mass is 32.1. The van der Waals surface area contributed by atoms with Gasteiger partial charge in [0.1, 0.15) is 0 Å². The molecule has 0 aliphatic heterocycles. The zero-order valence-electron chi connectivity index (χ0n) is 10.5. The Morgan fingerprint density at radius 1 is 1.26 bits per heavy atom. The lowest BCUT2D eigenvalue weighted by molar-refractivity contribution is -0.129. The second-order valence-electron chi connectivity index (χ2n) is 4.40. The van der Waals surface area contributed by atoms with Crippen LogP contribution in [0.25, 0.3) is 0 Å². The van der Waals surface area contributed by atoms with Crippen molar-refractivity contribution in [2.24, 2.45) is 5.92 Å². The Labute approximate surface area is 114 Å². The number of amides is 3. The third-order valence-corrected chi connectivity index (χ3v) is 3.65. The number of aryl methyl sites for hydroxylation is 1. The molecule has 19 heavy (non-hydrogen) atoms. The van der Waals surface area contributed by atoms with Gasteiger partial charge in [-0.15, -0.1) is 11.3 Å². The van der Waals surface area contributed by atoms with Crippen molar-refractivity contribution in [1.29, 1.82) is 0 Å². The summed E-state index contributed by atoms with van der Waals surface area (Å²) in [5.74, 6) is -0.880. The van der Waals surface area contributed by atoms with Crippen molar-refractivity contribution in [3.05, 3.63) is 21.9 Å². The number of hydrazine groups is 1. The van der Waals surface area contributed by atoms with Gasteiger partial charge in [-0.25, -0.2) is 0 Å². The monoisotopic (exact) mass is 281 g/mol. The van der Waals surface area contributed by atoms with Gasteiger partial charge in [0.25, 0.3) is 11.8 Å². The maximum Gasteiger partial charge on any atom is 0.261 e. The summed E-state index contributed by atoms with van der Waals surface area (Å²) in [5.41, 5.74) is 4.59. The highest BCUT2D eigenvalue weighted by Crippen LogP contribution is 2.28. The van der Waals surface area contributed by atoms with Crippen molar-refractivity contribution >= 4 is 29.1 Å². The predicted molar refractivity (Wildman–Crippen MR) is 70.4 cm³/mol. The second-order valence-corrected chi connectivity index (χ2v) is 5.69. The first-order chi connectivity index (χ1) is 9.06. The molecule has 2 rings (SSSR count). The lowest BCUT2D eigenvalue weighted by Crippen LogP contribution is -2.46. The largest absolute Gasteiger partial charge is 0.342 e. The van der Waals surface area contributed by atoms with E-state index >= 15 is 0 Å². The Morgan fingerprint density at radius 3 is 2.58 bits per heavy atom.